The minimum absolute atomic E-state index is 0.133. The third kappa shape index (κ3) is 6.23. The van der Waals surface area contributed by atoms with Gasteiger partial charge in [0.25, 0.3) is 0 Å². The Bertz CT molecular complexity index is 261. The quantitative estimate of drug-likeness (QED) is 0.406. The summed E-state index contributed by atoms with van der Waals surface area (Å²) in [6.07, 6.45) is -0.133. The molecule has 1 atom stereocenters. The van der Waals surface area contributed by atoms with E-state index in [-0.39, 0.29) is 6.09 Å². The summed E-state index contributed by atoms with van der Waals surface area (Å²) < 4.78 is 7.74. The Labute approximate surface area is 122 Å². The van der Waals surface area contributed by atoms with Crippen LogP contribution in [0, 0.1) is 0 Å². The number of nitrogens with zero attached hydrogens (tertiary/aromatic N) is 1. The molecule has 0 heterocycles. The predicted molar refractivity (Wildman–Crippen MR) is 88.2 cm³/mol. The molecule has 0 aliphatic heterocycles. The molecule has 0 radical (unpaired) electrons. The average Bonchev–Trinajstić information content (AvgIpc) is 2.10. The van der Waals surface area contributed by atoms with Gasteiger partial charge < -0.3 is 9.30 Å². The van der Waals surface area contributed by atoms with E-state index in [1.54, 1.807) is 0 Å². The van der Waals surface area contributed by atoms with Crippen molar-refractivity contribution in [1.29, 1.82) is 0 Å². The first-order chi connectivity index (χ1) is 7.50. The highest BCUT2D eigenvalue weighted by molar-refractivity contribution is 14.1. The Morgan fingerprint density at radius 2 is 1.71 bits per heavy atom. The van der Waals surface area contributed by atoms with Crippen molar-refractivity contribution >= 4 is 45.0 Å². The second-order valence-electron chi connectivity index (χ2n) is 6.31. The fourth-order valence-corrected chi connectivity index (χ4v) is 4.28. The number of alkyl halides is 1. The normalized spacial score (nSPS) is 14.4. The van der Waals surface area contributed by atoms with Crippen molar-refractivity contribution in [2.75, 3.05) is 13.2 Å². The first-order valence-electron chi connectivity index (χ1n) is 6.08. The average molecular weight is 387 g/mol. The van der Waals surface area contributed by atoms with Gasteiger partial charge in [-0.15, -0.1) is 0 Å². The van der Waals surface area contributed by atoms with Crippen LogP contribution >= 0.6 is 22.6 Å². The highest BCUT2D eigenvalue weighted by Gasteiger charge is 2.34. The first kappa shape index (κ1) is 17.4. The highest BCUT2D eigenvalue weighted by Crippen LogP contribution is 2.21. The number of rotatable bonds is 5. The van der Waals surface area contributed by atoms with Crippen LogP contribution in [0.1, 0.15) is 6.92 Å². The lowest BCUT2D eigenvalue weighted by Gasteiger charge is -2.37. The minimum atomic E-state index is -1.65. The lowest BCUT2D eigenvalue weighted by atomic mass is 10.7. The molecule has 0 bridgehead atoms. The molecule has 0 spiro atoms. The predicted octanol–water partition coefficient (Wildman–Crippen LogP) is 3.96. The molecule has 0 aliphatic carbocycles. The number of hydrogen-bond acceptors (Lipinski definition) is 2. The maximum Gasteiger partial charge on any atom is 0.401 e. The van der Waals surface area contributed by atoms with Crippen molar-refractivity contribution < 1.29 is 9.53 Å². The summed E-state index contributed by atoms with van der Waals surface area (Å²) in [5.74, 6) is 0. The molecule has 6 heteroatoms. The monoisotopic (exact) mass is 387 g/mol. The van der Waals surface area contributed by atoms with Crippen molar-refractivity contribution in [3.63, 3.8) is 0 Å². The second kappa shape index (κ2) is 6.56. The van der Waals surface area contributed by atoms with E-state index in [9.17, 15) is 4.79 Å². The molecule has 0 N–H and O–H groups in total. The van der Waals surface area contributed by atoms with E-state index in [1.165, 1.54) is 0 Å². The molecule has 102 valence electrons. The SMILES string of the molecule is CCOC(=O)N(CC(I)[Si](C)(C)C)[Si](C)(C)C. The largest absolute Gasteiger partial charge is 0.450 e. The van der Waals surface area contributed by atoms with Gasteiger partial charge in [0.1, 0.15) is 0 Å². The van der Waals surface area contributed by atoms with Crippen LogP contribution in [0.5, 0.6) is 0 Å². The fraction of sp³-hybridized carbons (Fsp3) is 0.909. The zero-order valence-electron chi connectivity index (χ0n) is 12.1. The smallest absolute Gasteiger partial charge is 0.401 e. The highest BCUT2D eigenvalue weighted by atomic mass is 127. The molecule has 0 aromatic rings. The Morgan fingerprint density at radius 3 is 2.00 bits per heavy atom. The summed E-state index contributed by atoms with van der Waals surface area (Å²) in [5, 5.41) is 0. The Morgan fingerprint density at radius 1 is 1.24 bits per heavy atom. The molecule has 0 aromatic heterocycles. The van der Waals surface area contributed by atoms with Crippen molar-refractivity contribution in [2.45, 2.75) is 49.8 Å². The maximum atomic E-state index is 12.0. The molecule has 0 aromatic carbocycles. The molecule has 0 saturated carbocycles. The van der Waals surface area contributed by atoms with Crippen molar-refractivity contribution in [3.05, 3.63) is 0 Å². The number of halogens is 1. The van der Waals surface area contributed by atoms with Crippen LogP contribution in [0.25, 0.3) is 0 Å². The van der Waals surface area contributed by atoms with Crippen molar-refractivity contribution in [3.8, 4) is 0 Å². The van der Waals surface area contributed by atoms with E-state index >= 15 is 0 Å². The van der Waals surface area contributed by atoms with Crippen LogP contribution in [0.4, 0.5) is 4.79 Å². The summed E-state index contributed by atoms with van der Waals surface area (Å²) in [6, 6.07) is 0. The van der Waals surface area contributed by atoms with Gasteiger partial charge in [-0.25, -0.2) is 4.79 Å². The summed E-state index contributed by atoms with van der Waals surface area (Å²) in [6.45, 7) is 16.8. The number of ether oxygens (including phenoxy) is 1. The van der Waals surface area contributed by atoms with Gasteiger partial charge >= 0.3 is 6.09 Å². The number of carbonyl (C=O) groups is 1. The van der Waals surface area contributed by atoms with Gasteiger partial charge in [-0.3, -0.25) is 0 Å². The summed E-state index contributed by atoms with van der Waals surface area (Å²) in [5.41, 5.74) is 0. The molecule has 17 heavy (non-hydrogen) atoms. The molecule has 0 saturated heterocycles. The van der Waals surface area contributed by atoms with Gasteiger partial charge in [0.2, 0.25) is 0 Å². The molecule has 0 fully saturated rings. The lowest BCUT2D eigenvalue weighted by Crippen LogP contribution is -2.55. The molecule has 0 aliphatic rings. The fourth-order valence-electron chi connectivity index (χ4n) is 1.26. The van der Waals surface area contributed by atoms with Gasteiger partial charge in [-0.05, 0) is 6.92 Å². The maximum absolute atomic E-state index is 12.0. The van der Waals surface area contributed by atoms with Crippen LogP contribution in [-0.2, 0) is 4.74 Å². The summed E-state index contributed by atoms with van der Waals surface area (Å²) in [4.78, 5) is 12.0. The topological polar surface area (TPSA) is 29.5 Å². The van der Waals surface area contributed by atoms with E-state index in [0.29, 0.717) is 10.2 Å². The van der Waals surface area contributed by atoms with Crippen LogP contribution in [-0.4, -0.2) is 43.7 Å². The van der Waals surface area contributed by atoms with Crippen LogP contribution in [0.15, 0.2) is 0 Å². The molecular formula is C11H26INO2Si2. The summed E-state index contributed by atoms with van der Waals surface area (Å²) in [7, 11) is -2.86. The Kier molecular flexibility index (Phi) is 6.72. The summed E-state index contributed by atoms with van der Waals surface area (Å²) >= 11 is 2.50. The zero-order chi connectivity index (χ0) is 13.9. The second-order valence-corrected chi connectivity index (χ2v) is 19.3. The van der Waals surface area contributed by atoms with Crippen LogP contribution < -0.4 is 0 Å². The molecule has 1 amide bonds. The first-order valence-corrected chi connectivity index (χ1v) is 14.4. The third-order valence-electron chi connectivity index (χ3n) is 2.58. The zero-order valence-corrected chi connectivity index (χ0v) is 16.3. The van der Waals surface area contributed by atoms with Crippen LogP contribution in [0.3, 0.4) is 0 Å². The Hall–Kier alpha value is 0.434. The van der Waals surface area contributed by atoms with Crippen LogP contribution in [0.2, 0.25) is 39.3 Å². The van der Waals surface area contributed by atoms with Gasteiger partial charge in [-0.1, -0.05) is 61.9 Å². The van der Waals surface area contributed by atoms with Gasteiger partial charge in [-0.2, -0.15) is 0 Å². The van der Waals surface area contributed by atoms with Crippen molar-refractivity contribution in [1.82, 2.24) is 4.57 Å². The molecule has 1 unspecified atom stereocenters. The van der Waals surface area contributed by atoms with Gasteiger partial charge in [0, 0.05) is 10.1 Å². The number of carbonyl (C=O) groups excluding carboxylic acids is 1. The lowest BCUT2D eigenvalue weighted by molar-refractivity contribution is 0.130. The van der Waals surface area contributed by atoms with E-state index in [0.717, 1.165) is 6.54 Å². The number of amides is 1. The minimum Gasteiger partial charge on any atom is -0.450 e. The molecular weight excluding hydrogens is 361 g/mol. The standard InChI is InChI=1S/C11H26INO2Si2/c1-8-15-11(14)13(17(5,6)7)9-10(12)16(2,3)4/h10H,8-9H2,1-7H3. The van der Waals surface area contributed by atoms with E-state index < -0.39 is 16.3 Å². The number of hydrogen-bond donors (Lipinski definition) is 0. The van der Waals surface area contributed by atoms with Gasteiger partial charge in [0.05, 0.1) is 14.7 Å². The van der Waals surface area contributed by atoms with Crippen molar-refractivity contribution in [2.24, 2.45) is 0 Å². The van der Waals surface area contributed by atoms with E-state index in [1.807, 2.05) is 11.5 Å². The molecule has 0 rings (SSSR count). The molecule has 3 nitrogen and oxygen atoms in total. The van der Waals surface area contributed by atoms with E-state index in [2.05, 4.69) is 61.9 Å². The van der Waals surface area contributed by atoms with E-state index in [4.69, 9.17) is 4.74 Å². The third-order valence-corrected chi connectivity index (χ3v) is 12.6. The van der Waals surface area contributed by atoms with Gasteiger partial charge in [0.15, 0.2) is 8.24 Å². The Balaban J connectivity index is 4.79.